The predicted octanol–water partition coefficient (Wildman–Crippen LogP) is 3.54. The fourth-order valence-electron chi connectivity index (χ4n) is 1.57. The van der Waals surface area contributed by atoms with Gasteiger partial charge in [0, 0.05) is 17.9 Å². The summed E-state index contributed by atoms with van der Waals surface area (Å²) in [6.07, 6.45) is 0. The van der Waals surface area contributed by atoms with Crippen molar-refractivity contribution in [1.82, 2.24) is 0 Å². The van der Waals surface area contributed by atoms with Crippen molar-refractivity contribution < 1.29 is 9.53 Å². The van der Waals surface area contributed by atoms with Gasteiger partial charge in [0.2, 0.25) is 0 Å². The smallest absolute Gasteiger partial charge is 0.265 e. The van der Waals surface area contributed by atoms with Gasteiger partial charge in [-0.3, -0.25) is 4.79 Å². The molecule has 0 aliphatic heterocycles. The second-order valence-electron chi connectivity index (χ2n) is 3.73. The lowest BCUT2D eigenvalue weighted by Crippen LogP contribution is -2.12. The Labute approximate surface area is 110 Å². The molecule has 94 valence electrons. The maximum Gasteiger partial charge on any atom is 0.265 e. The molecule has 0 unspecified atom stereocenters. The van der Waals surface area contributed by atoms with Crippen LogP contribution in [-0.4, -0.2) is 12.5 Å². The molecule has 0 radical (unpaired) electrons. The summed E-state index contributed by atoms with van der Waals surface area (Å²) in [5.74, 6) is -0.0750. The van der Waals surface area contributed by atoms with Crippen LogP contribution in [0.2, 0.25) is 0 Å². The minimum absolute atomic E-state index is 0.0750. The van der Waals surface area contributed by atoms with E-state index in [1.54, 1.807) is 0 Å². The van der Waals surface area contributed by atoms with Crippen LogP contribution in [-0.2, 0) is 11.3 Å². The zero-order valence-corrected chi connectivity index (χ0v) is 11.0. The van der Waals surface area contributed by atoms with Crippen molar-refractivity contribution >= 4 is 22.9 Å². The number of hydrogen-bond donors (Lipinski definition) is 1. The molecular weight excluding hydrogens is 246 g/mol. The van der Waals surface area contributed by atoms with Gasteiger partial charge >= 0.3 is 0 Å². The van der Waals surface area contributed by atoms with Crippen LogP contribution in [0.25, 0.3) is 0 Å². The molecule has 1 aromatic heterocycles. The minimum atomic E-state index is -0.0750. The minimum Gasteiger partial charge on any atom is -0.377 e. The standard InChI is InChI=1S/C14H15NO2S/c1-2-17-10-11-6-3-4-7-12(11)15-14(16)13-8-5-9-18-13/h3-9H,2,10H2,1H3,(H,15,16). The first-order chi connectivity index (χ1) is 8.81. The van der Waals surface area contributed by atoms with Crippen molar-refractivity contribution in [3.8, 4) is 0 Å². The van der Waals surface area contributed by atoms with Gasteiger partial charge in [0.15, 0.2) is 0 Å². The van der Waals surface area contributed by atoms with Crippen molar-refractivity contribution in [1.29, 1.82) is 0 Å². The number of hydrogen-bond acceptors (Lipinski definition) is 3. The van der Waals surface area contributed by atoms with Gasteiger partial charge in [0.1, 0.15) is 0 Å². The van der Waals surface area contributed by atoms with Crippen LogP contribution in [0.4, 0.5) is 5.69 Å². The van der Waals surface area contributed by atoms with Crippen LogP contribution in [0.3, 0.4) is 0 Å². The van der Waals surface area contributed by atoms with Gasteiger partial charge in [-0.2, -0.15) is 0 Å². The van der Waals surface area contributed by atoms with Gasteiger partial charge in [0.05, 0.1) is 11.5 Å². The number of carbonyl (C=O) groups excluding carboxylic acids is 1. The Morgan fingerprint density at radius 2 is 2.11 bits per heavy atom. The van der Waals surface area contributed by atoms with Crippen LogP contribution < -0.4 is 5.32 Å². The number of para-hydroxylation sites is 1. The third-order valence-electron chi connectivity index (χ3n) is 2.47. The summed E-state index contributed by atoms with van der Waals surface area (Å²) >= 11 is 1.43. The third-order valence-corrected chi connectivity index (χ3v) is 3.34. The normalized spacial score (nSPS) is 10.3. The Morgan fingerprint density at radius 1 is 1.28 bits per heavy atom. The van der Waals surface area contributed by atoms with Crippen LogP contribution >= 0.6 is 11.3 Å². The van der Waals surface area contributed by atoms with Crippen molar-refractivity contribution in [2.45, 2.75) is 13.5 Å². The first-order valence-corrected chi connectivity index (χ1v) is 6.69. The van der Waals surface area contributed by atoms with Gasteiger partial charge in [-0.1, -0.05) is 24.3 Å². The molecule has 3 nitrogen and oxygen atoms in total. The van der Waals surface area contributed by atoms with E-state index in [0.717, 1.165) is 11.3 Å². The van der Waals surface area contributed by atoms with Crippen LogP contribution in [0.15, 0.2) is 41.8 Å². The molecule has 18 heavy (non-hydrogen) atoms. The van der Waals surface area contributed by atoms with Crippen molar-refractivity contribution in [2.75, 3.05) is 11.9 Å². The monoisotopic (exact) mass is 261 g/mol. The first kappa shape index (κ1) is 12.8. The summed E-state index contributed by atoms with van der Waals surface area (Å²) in [5.41, 5.74) is 1.80. The highest BCUT2D eigenvalue weighted by molar-refractivity contribution is 7.12. The van der Waals surface area contributed by atoms with E-state index >= 15 is 0 Å². The molecule has 0 aliphatic carbocycles. The Morgan fingerprint density at radius 3 is 2.83 bits per heavy atom. The zero-order valence-electron chi connectivity index (χ0n) is 10.2. The molecule has 0 saturated heterocycles. The van der Waals surface area contributed by atoms with E-state index in [9.17, 15) is 4.79 Å². The fourth-order valence-corrected chi connectivity index (χ4v) is 2.19. The topological polar surface area (TPSA) is 38.3 Å². The molecule has 0 fully saturated rings. The summed E-state index contributed by atoms with van der Waals surface area (Å²) in [5, 5.41) is 4.80. The number of anilines is 1. The van der Waals surface area contributed by atoms with Gasteiger partial charge in [-0.05, 0) is 24.4 Å². The number of thiophene rings is 1. The van der Waals surface area contributed by atoms with Crippen molar-refractivity contribution in [3.05, 3.63) is 52.2 Å². The summed E-state index contributed by atoms with van der Waals surface area (Å²) in [7, 11) is 0. The summed E-state index contributed by atoms with van der Waals surface area (Å²) < 4.78 is 5.38. The SMILES string of the molecule is CCOCc1ccccc1NC(=O)c1cccs1. The van der Waals surface area contributed by atoms with E-state index in [0.29, 0.717) is 18.1 Å². The maximum atomic E-state index is 12.0. The quantitative estimate of drug-likeness (QED) is 0.894. The van der Waals surface area contributed by atoms with Gasteiger partial charge in [-0.15, -0.1) is 11.3 Å². The van der Waals surface area contributed by atoms with Gasteiger partial charge < -0.3 is 10.1 Å². The average Bonchev–Trinajstić information content (AvgIpc) is 2.91. The number of amides is 1. The van der Waals surface area contributed by atoms with Crippen molar-refractivity contribution in [2.24, 2.45) is 0 Å². The Bertz CT molecular complexity index is 508. The zero-order chi connectivity index (χ0) is 12.8. The Kier molecular flexibility index (Phi) is 4.50. The summed E-state index contributed by atoms with van der Waals surface area (Å²) in [6.45, 7) is 3.12. The summed E-state index contributed by atoms with van der Waals surface area (Å²) in [6, 6.07) is 11.4. The highest BCUT2D eigenvalue weighted by Gasteiger charge is 2.09. The highest BCUT2D eigenvalue weighted by Crippen LogP contribution is 2.18. The van der Waals surface area contributed by atoms with E-state index in [1.165, 1.54) is 11.3 Å². The Hall–Kier alpha value is -1.65. The van der Waals surface area contributed by atoms with E-state index < -0.39 is 0 Å². The lowest BCUT2D eigenvalue weighted by Gasteiger charge is -2.10. The Balaban J connectivity index is 2.11. The van der Waals surface area contributed by atoms with Crippen LogP contribution in [0.1, 0.15) is 22.2 Å². The lowest BCUT2D eigenvalue weighted by atomic mass is 10.2. The largest absolute Gasteiger partial charge is 0.377 e. The number of benzene rings is 1. The molecule has 0 atom stereocenters. The molecule has 2 aromatic rings. The van der Waals surface area contributed by atoms with E-state index in [1.807, 2.05) is 48.7 Å². The molecule has 0 bridgehead atoms. The second-order valence-corrected chi connectivity index (χ2v) is 4.67. The third kappa shape index (κ3) is 3.18. The molecule has 1 amide bonds. The van der Waals surface area contributed by atoms with Gasteiger partial charge in [-0.25, -0.2) is 0 Å². The molecular formula is C14H15NO2S. The molecule has 0 spiro atoms. The number of carbonyl (C=O) groups is 1. The summed E-state index contributed by atoms with van der Waals surface area (Å²) in [4.78, 5) is 12.7. The van der Waals surface area contributed by atoms with E-state index in [-0.39, 0.29) is 5.91 Å². The number of rotatable bonds is 5. The number of ether oxygens (including phenoxy) is 1. The predicted molar refractivity (Wildman–Crippen MR) is 74.0 cm³/mol. The first-order valence-electron chi connectivity index (χ1n) is 5.81. The average molecular weight is 261 g/mol. The van der Waals surface area contributed by atoms with Crippen molar-refractivity contribution in [3.63, 3.8) is 0 Å². The lowest BCUT2D eigenvalue weighted by molar-refractivity contribution is 0.102. The molecule has 2 rings (SSSR count). The van der Waals surface area contributed by atoms with Crippen LogP contribution in [0, 0.1) is 0 Å². The highest BCUT2D eigenvalue weighted by atomic mass is 32.1. The van der Waals surface area contributed by atoms with Crippen LogP contribution in [0.5, 0.6) is 0 Å². The molecule has 1 N–H and O–H groups in total. The van der Waals surface area contributed by atoms with Gasteiger partial charge in [0.25, 0.3) is 5.91 Å². The second kappa shape index (κ2) is 6.33. The number of nitrogens with one attached hydrogen (secondary N) is 1. The molecule has 4 heteroatoms. The van der Waals surface area contributed by atoms with E-state index in [4.69, 9.17) is 4.74 Å². The fraction of sp³-hybridized carbons (Fsp3) is 0.214. The van der Waals surface area contributed by atoms with E-state index in [2.05, 4.69) is 5.32 Å². The molecule has 0 aliphatic rings. The molecule has 0 saturated carbocycles. The molecule has 1 aromatic carbocycles. The maximum absolute atomic E-state index is 12.0. The molecule has 1 heterocycles.